The highest BCUT2D eigenvalue weighted by Gasteiger charge is 2.17. The maximum Gasteiger partial charge on any atom is 0.0991 e. The Kier molecular flexibility index (Phi) is 6.34. The summed E-state index contributed by atoms with van der Waals surface area (Å²) in [7, 11) is 2.18. The zero-order valence-corrected chi connectivity index (χ0v) is 14.4. The second kappa shape index (κ2) is 8.25. The van der Waals surface area contributed by atoms with Gasteiger partial charge in [0.25, 0.3) is 0 Å². The number of allylic oxidation sites excluding steroid dienone is 2. The van der Waals surface area contributed by atoms with Gasteiger partial charge < -0.3 is 4.90 Å². The summed E-state index contributed by atoms with van der Waals surface area (Å²) in [5, 5.41) is 0. The maximum atomic E-state index is 4.79. The van der Waals surface area contributed by atoms with E-state index < -0.39 is 0 Å². The molecule has 1 atom stereocenters. The molecule has 1 aliphatic heterocycles. The molecule has 0 N–H and O–H groups in total. The summed E-state index contributed by atoms with van der Waals surface area (Å²) in [6.45, 7) is 10.9. The average molecular weight is 299 g/mol. The monoisotopic (exact) mass is 299 g/mol. The highest BCUT2D eigenvalue weighted by molar-refractivity contribution is 6.09. The Morgan fingerprint density at radius 2 is 2.00 bits per heavy atom. The SMILES string of the molecule is C/C=C(\C=N/C(C)N1CCN(C)CC1)c1cccc(CC)c1. The van der Waals surface area contributed by atoms with Crippen molar-refractivity contribution in [1.29, 1.82) is 0 Å². The number of likely N-dealkylation sites (N-methyl/N-ethyl adjacent to an activating group) is 1. The maximum absolute atomic E-state index is 4.79. The molecule has 1 saturated heterocycles. The number of nitrogens with zero attached hydrogens (tertiary/aromatic N) is 3. The summed E-state index contributed by atoms with van der Waals surface area (Å²) in [5.74, 6) is 0. The molecule has 1 aromatic rings. The van der Waals surface area contributed by atoms with Gasteiger partial charge in [-0.25, -0.2) is 0 Å². The molecule has 1 aromatic carbocycles. The highest BCUT2D eigenvalue weighted by atomic mass is 15.3. The Hall–Kier alpha value is -1.45. The Morgan fingerprint density at radius 3 is 2.64 bits per heavy atom. The van der Waals surface area contributed by atoms with Crippen molar-refractivity contribution in [2.45, 2.75) is 33.4 Å². The van der Waals surface area contributed by atoms with Crippen LogP contribution in [0.1, 0.15) is 31.9 Å². The average Bonchev–Trinajstić information content (AvgIpc) is 2.56. The smallest absolute Gasteiger partial charge is 0.0991 e. The van der Waals surface area contributed by atoms with E-state index in [-0.39, 0.29) is 6.17 Å². The molecule has 0 aliphatic carbocycles. The van der Waals surface area contributed by atoms with Crippen LogP contribution in [-0.4, -0.2) is 55.4 Å². The summed E-state index contributed by atoms with van der Waals surface area (Å²) in [6, 6.07) is 8.75. The van der Waals surface area contributed by atoms with E-state index in [2.05, 4.69) is 68.0 Å². The fraction of sp³-hybridized carbons (Fsp3) is 0.526. The predicted molar refractivity (Wildman–Crippen MR) is 96.5 cm³/mol. The molecule has 2 rings (SSSR count). The molecule has 1 unspecified atom stereocenters. The molecule has 22 heavy (non-hydrogen) atoms. The fourth-order valence-corrected chi connectivity index (χ4v) is 2.76. The van der Waals surface area contributed by atoms with Crippen molar-refractivity contribution in [1.82, 2.24) is 9.80 Å². The van der Waals surface area contributed by atoms with Crippen LogP contribution in [-0.2, 0) is 6.42 Å². The van der Waals surface area contributed by atoms with E-state index in [1.165, 1.54) is 16.7 Å². The topological polar surface area (TPSA) is 18.8 Å². The van der Waals surface area contributed by atoms with Crippen LogP contribution in [0, 0.1) is 0 Å². The first-order valence-corrected chi connectivity index (χ1v) is 8.35. The minimum atomic E-state index is 0.248. The second-order valence-corrected chi connectivity index (χ2v) is 6.05. The molecule has 0 saturated carbocycles. The van der Waals surface area contributed by atoms with Gasteiger partial charge in [0, 0.05) is 32.4 Å². The third kappa shape index (κ3) is 4.52. The van der Waals surface area contributed by atoms with E-state index in [1.54, 1.807) is 0 Å². The van der Waals surface area contributed by atoms with Crippen LogP contribution in [0.25, 0.3) is 5.57 Å². The molecule has 0 bridgehead atoms. The third-order valence-electron chi connectivity index (χ3n) is 4.48. The summed E-state index contributed by atoms with van der Waals surface area (Å²) < 4.78 is 0. The van der Waals surface area contributed by atoms with Crippen molar-refractivity contribution in [3.05, 3.63) is 41.5 Å². The highest BCUT2D eigenvalue weighted by Crippen LogP contribution is 2.16. The lowest BCUT2D eigenvalue weighted by atomic mass is 10.0. The van der Waals surface area contributed by atoms with Gasteiger partial charge in [-0.3, -0.25) is 9.89 Å². The minimum absolute atomic E-state index is 0.248. The number of rotatable bonds is 5. The first-order chi connectivity index (χ1) is 10.6. The van der Waals surface area contributed by atoms with Crippen LogP contribution in [0.4, 0.5) is 0 Å². The number of hydrogen-bond acceptors (Lipinski definition) is 3. The number of hydrogen-bond donors (Lipinski definition) is 0. The van der Waals surface area contributed by atoms with Crippen LogP contribution in [0.5, 0.6) is 0 Å². The number of piperazine rings is 1. The molecule has 3 nitrogen and oxygen atoms in total. The van der Waals surface area contributed by atoms with E-state index in [0.717, 1.165) is 32.6 Å². The second-order valence-electron chi connectivity index (χ2n) is 6.05. The van der Waals surface area contributed by atoms with E-state index in [1.807, 2.05) is 6.21 Å². The predicted octanol–water partition coefficient (Wildman–Crippen LogP) is 3.32. The van der Waals surface area contributed by atoms with Crippen molar-refractivity contribution in [2.24, 2.45) is 4.99 Å². The number of aryl methyl sites for hydroxylation is 1. The summed E-state index contributed by atoms with van der Waals surface area (Å²) in [5.41, 5.74) is 3.84. The Labute approximate surface area is 135 Å². The van der Waals surface area contributed by atoms with Crippen molar-refractivity contribution in [2.75, 3.05) is 33.2 Å². The molecule has 0 aromatic heterocycles. The van der Waals surface area contributed by atoms with Crippen molar-refractivity contribution >= 4 is 11.8 Å². The van der Waals surface area contributed by atoms with E-state index in [4.69, 9.17) is 4.99 Å². The normalized spacial score (nSPS) is 19.7. The van der Waals surface area contributed by atoms with Crippen LogP contribution in [0.2, 0.25) is 0 Å². The lowest BCUT2D eigenvalue weighted by Gasteiger charge is -2.34. The van der Waals surface area contributed by atoms with Crippen LogP contribution >= 0.6 is 0 Å². The van der Waals surface area contributed by atoms with Gasteiger partial charge in [0.1, 0.15) is 0 Å². The van der Waals surface area contributed by atoms with E-state index >= 15 is 0 Å². The molecule has 1 aliphatic rings. The zero-order chi connectivity index (χ0) is 15.9. The molecular formula is C19H29N3. The van der Waals surface area contributed by atoms with E-state index in [9.17, 15) is 0 Å². The molecule has 0 amide bonds. The Bertz CT molecular complexity index is 525. The summed E-state index contributed by atoms with van der Waals surface area (Å²) in [4.78, 5) is 9.62. The van der Waals surface area contributed by atoms with Crippen LogP contribution in [0.15, 0.2) is 35.3 Å². The molecule has 0 radical (unpaired) electrons. The van der Waals surface area contributed by atoms with Gasteiger partial charge in [0.05, 0.1) is 6.17 Å². The minimum Gasteiger partial charge on any atom is -0.304 e. The fourth-order valence-electron chi connectivity index (χ4n) is 2.76. The summed E-state index contributed by atoms with van der Waals surface area (Å²) in [6.07, 6.45) is 5.50. The molecule has 1 heterocycles. The van der Waals surface area contributed by atoms with Gasteiger partial charge in [-0.05, 0) is 44.0 Å². The standard InChI is InChI=1S/C19H29N3/c1-5-17-8-7-9-19(14-17)18(6-2)15-20-16(3)22-12-10-21(4)11-13-22/h6-9,14-16H,5,10-13H2,1-4H3/b18-6+,20-15-. The van der Waals surface area contributed by atoms with E-state index in [0.29, 0.717) is 0 Å². The van der Waals surface area contributed by atoms with Gasteiger partial charge in [-0.2, -0.15) is 0 Å². The van der Waals surface area contributed by atoms with Crippen LogP contribution < -0.4 is 0 Å². The number of benzene rings is 1. The van der Waals surface area contributed by atoms with Gasteiger partial charge in [-0.15, -0.1) is 0 Å². The zero-order valence-electron chi connectivity index (χ0n) is 14.4. The summed E-state index contributed by atoms with van der Waals surface area (Å²) >= 11 is 0. The van der Waals surface area contributed by atoms with Gasteiger partial charge in [-0.1, -0.05) is 37.3 Å². The Balaban J connectivity index is 2.03. The van der Waals surface area contributed by atoms with Gasteiger partial charge >= 0.3 is 0 Å². The largest absolute Gasteiger partial charge is 0.304 e. The molecule has 0 spiro atoms. The van der Waals surface area contributed by atoms with Gasteiger partial charge in [0.15, 0.2) is 0 Å². The Morgan fingerprint density at radius 1 is 1.27 bits per heavy atom. The molecule has 120 valence electrons. The van der Waals surface area contributed by atoms with Crippen molar-refractivity contribution in [3.8, 4) is 0 Å². The van der Waals surface area contributed by atoms with Crippen LogP contribution in [0.3, 0.4) is 0 Å². The number of aliphatic imine (C=N–C) groups is 1. The first kappa shape index (κ1) is 16.9. The van der Waals surface area contributed by atoms with Gasteiger partial charge in [0.2, 0.25) is 0 Å². The van der Waals surface area contributed by atoms with Crippen molar-refractivity contribution < 1.29 is 0 Å². The molecule has 1 fully saturated rings. The lowest BCUT2D eigenvalue weighted by molar-refractivity contribution is 0.122. The first-order valence-electron chi connectivity index (χ1n) is 8.35. The lowest BCUT2D eigenvalue weighted by Crippen LogP contribution is -2.47. The quantitative estimate of drug-likeness (QED) is 0.777. The molecule has 3 heteroatoms. The third-order valence-corrected chi connectivity index (χ3v) is 4.48. The van der Waals surface area contributed by atoms with Crippen molar-refractivity contribution in [3.63, 3.8) is 0 Å². The molecular weight excluding hydrogens is 270 g/mol.